The van der Waals surface area contributed by atoms with Gasteiger partial charge in [0, 0.05) is 55.8 Å². The number of hydrogen-bond acceptors (Lipinski definition) is 9. The van der Waals surface area contributed by atoms with Gasteiger partial charge in [-0.25, -0.2) is 0 Å². The fourth-order valence-electron chi connectivity index (χ4n) is 15.3. The topological polar surface area (TPSA) is 116 Å². The number of aromatic nitrogens is 9. The second-order valence-electron chi connectivity index (χ2n) is 34.4. The summed E-state index contributed by atoms with van der Waals surface area (Å²) in [4.78, 5) is 39.8. The first-order valence-electron chi connectivity index (χ1n) is 46.4. The monoisotopic (exact) mass is 2380 g/mol. The zero-order valence-electron chi connectivity index (χ0n) is 79.9. The van der Waals surface area contributed by atoms with Crippen molar-refractivity contribution >= 4 is 64.6 Å². The van der Waals surface area contributed by atoms with E-state index in [0.29, 0.717) is 0 Å². The normalized spacial score (nSPS) is 10.4. The molecule has 0 radical (unpaired) electrons. The molecule has 24 rings (SSSR count). The molecule has 0 aliphatic rings. The Morgan fingerprint density at radius 3 is 0.671 bits per heavy atom. The van der Waals surface area contributed by atoms with Crippen LogP contribution in [0.15, 0.2) is 499 Å². The Balaban J connectivity index is 0.000000135. The van der Waals surface area contributed by atoms with Gasteiger partial charge < -0.3 is 44.9 Å². The molecule has 0 amide bonds. The third-order valence-electron chi connectivity index (χ3n) is 22.7. The van der Waals surface area contributed by atoms with Gasteiger partial charge in [-0.3, -0.25) is 0 Å². The van der Waals surface area contributed by atoms with Crippen molar-refractivity contribution in [2.24, 2.45) is 0 Å². The molecular weight excluding hydrogens is 2280 g/mol. The van der Waals surface area contributed by atoms with Crippen LogP contribution in [-0.2, 0) is 71.1 Å². The summed E-state index contributed by atoms with van der Waals surface area (Å²) in [5.41, 5.74) is 21.1. The number of pyridine rings is 9. The predicted molar refractivity (Wildman–Crippen MR) is 579 cm³/mol. The molecule has 0 spiro atoms. The molecule has 9 aromatic heterocycles. The minimum Gasteiger partial charge on any atom is -0.305 e. The summed E-state index contributed by atoms with van der Waals surface area (Å²) in [6, 6.07) is 176. The van der Waals surface area contributed by atoms with Gasteiger partial charge in [0.2, 0.25) is 0 Å². The fourth-order valence-corrected chi connectivity index (χ4v) is 15.3. The van der Waals surface area contributed by atoms with Crippen LogP contribution in [0.4, 0.5) is 0 Å². The van der Waals surface area contributed by atoms with Gasteiger partial charge >= 0.3 is 60.3 Å². The molecule has 0 saturated carbocycles. The van der Waals surface area contributed by atoms with E-state index in [2.05, 4.69) is 250 Å². The second-order valence-corrected chi connectivity index (χ2v) is 34.4. The van der Waals surface area contributed by atoms with E-state index in [-0.39, 0.29) is 71.1 Å². The van der Waals surface area contributed by atoms with E-state index in [9.17, 15) is 0 Å². The molecule has 0 aliphatic carbocycles. The molecule has 0 unspecified atom stereocenters. The number of rotatable bonds is 9. The van der Waals surface area contributed by atoms with Crippen molar-refractivity contribution in [3.8, 4) is 101 Å². The molecule has 696 valence electrons. The molecule has 9 nitrogen and oxygen atoms in total. The SMILES string of the molecule is CC(C)(C)c1ccc(-c2[c-]cccc2)nc1.CC(C)(C)c1ccnc(-c2[c-]cccc2)c1.[Ir+3].[Ir+3].[Ir+3].[c-]1ccccc1-c1cc2ccccc2cn1.[c-]1ccccc1-c1cc2ccccc2cn1.[c-]1ccccc1-c1ccccn1.[c-]1ccccc1-c1nccc2ccccc12.[c-]1ccccc1-c1nccc2ccccc12.[c-]1ccccc1-c1nccc2ccccc12.[c-]1ccccc1-c1nccc2ccccc12. The largest absolute Gasteiger partial charge is 3.00 e. The minimum absolute atomic E-state index is 0. The van der Waals surface area contributed by atoms with E-state index in [1.807, 2.05) is 383 Å². The Morgan fingerprint density at radius 1 is 0.161 bits per heavy atom. The van der Waals surface area contributed by atoms with Crippen LogP contribution < -0.4 is 0 Å². The Kier molecular flexibility index (Phi) is 39.1. The Labute approximate surface area is 880 Å². The van der Waals surface area contributed by atoms with Gasteiger partial charge in [-0.1, -0.05) is 230 Å². The molecule has 9 heterocycles. The zero-order valence-corrected chi connectivity index (χ0v) is 87.1. The van der Waals surface area contributed by atoms with Gasteiger partial charge in [0.1, 0.15) is 0 Å². The zero-order chi connectivity index (χ0) is 96.2. The molecule has 143 heavy (non-hydrogen) atoms. The van der Waals surface area contributed by atoms with Gasteiger partial charge in [-0.15, -0.1) is 323 Å². The van der Waals surface area contributed by atoms with Crippen molar-refractivity contribution in [3.63, 3.8) is 0 Å². The fraction of sp³-hybridized carbons (Fsp3) is 0.0611. The number of fused-ring (bicyclic) bond motifs is 6. The number of benzene rings is 15. The molecule has 0 bridgehead atoms. The summed E-state index contributed by atoms with van der Waals surface area (Å²) < 4.78 is 0. The quantitative estimate of drug-likeness (QED) is 0.130. The molecule has 0 N–H and O–H groups in total. The Hall–Kier alpha value is -15.8. The van der Waals surface area contributed by atoms with E-state index < -0.39 is 0 Å². The maximum absolute atomic E-state index is 4.48. The van der Waals surface area contributed by atoms with Crippen molar-refractivity contribution in [3.05, 3.63) is 564 Å². The van der Waals surface area contributed by atoms with E-state index in [1.165, 1.54) is 75.8 Å². The maximum atomic E-state index is 4.48. The molecule has 15 aromatic carbocycles. The van der Waals surface area contributed by atoms with Crippen LogP contribution in [0.2, 0.25) is 0 Å². The van der Waals surface area contributed by atoms with Crippen LogP contribution in [0.5, 0.6) is 0 Å². The standard InChI is InChI=1S/6C15H10N.2C15H16N.C11H8N.3Ir/c4*1-2-7-13(8-3-1)15-14-9-5-4-6-12(14)10-11-16-15;2*1-2-6-12(7-3-1)15-10-13-8-4-5-9-14(13)11-16-15;1-15(2,3)13-9-10-16-14(11-13)12-7-5-4-6-8-12;1-15(2,3)13-9-10-14(16-11-13)12-7-5-4-6-8-12;1-2-6-10(7-3-1)11-8-4-5-9-12-11;;;/h4*1-7,9-11H;2*1-6,8-11H;2*4-7,9-11H,1-3H3;1-6,8-9H;;;/q9*-1;3*+3. The second kappa shape index (κ2) is 53.5. The molecular formula is C131H100Ir3N9. The van der Waals surface area contributed by atoms with Crippen LogP contribution in [0.3, 0.4) is 0 Å². The summed E-state index contributed by atoms with van der Waals surface area (Å²) >= 11 is 0. The molecule has 24 aromatic rings. The molecule has 0 fully saturated rings. The molecule has 0 saturated heterocycles. The van der Waals surface area contributed by atoms with E-state index in [0.717, 1.165) is 101 Å². The summed E-state index contributed by atoms with van der Waals surface area (Å²) in [6.45, 7) is 13.2. The van der Waals surface area contributed by atoms with Crippen molar-refractivity contribution in [1.29, 1.82) is 0 Å². The maximum Gasteiger partial charge on any atom is 3.00 e. The van der Waals surface area contributed by atoms with Crippen LogP contribution in [0.1, 0.15) is 52.7 Å². The minimum atomic E-state index is 0. The molecule has 12 heteroatoms. The third-order valence-corrected chi connectivity index (χ3v) is 22.7. The van der Waals surface area contributed by atoms with Crippen molar-refractivity contribution in [2.75, 3.05) is 0 Å². The summed E-state index contributed by atoms with van der Waals surface area (Å²) in [5, 5.41) is 14.3. The van der Waals surface area contributed by atoms with Crippen LogP contribution in [0.25, 0.3) is 166 Å². The Bertz CT molecular complexity index is 7310. The van der Waals surface area contributed by atoms with Crippen molar-refractivity contribution in [2.45, 2.75) is 52.4 Å². The predicted octanol–water partition coefficient (Wildman–Crippen LogP) is 32.4. The summed E-state index contributed by atoms with van der Waals surface area (Å²) in [6.07, 6.45) is 16.8. The first-order chi connectivity index (χ1) is 68.8. The average Bonchev–Trinajstić information content (AvgIpc) is 0.815. The van der Waals surface area contributed by atoms with Crippen LogP contribution in [-0.4, -0.2) is 44.9 Å². The molecule has 0 aliphatic heterocycles. The average molecular weight is 2380 g/mol. The smallest absolute Gasteiger partial charge is 0.305 e. The van der Waals surface area contributed by atoms with Gasteiger partial charge in [-0.2, -0.15) is 0 Å². The van der Waals surface area contributed by atoms with E-state index in [1.54, 1.807) is 6.20 Å². The van der Waals surface area contributed by atoms with Gasteiger partial charge in [0.25, 0.3) is 0 Å². The number of hydrogen-bond donors (Lipinski definition) is 0. The van der Waals surface area contributed by atoms with Crippen molar-refractivity contribution < 1.29 is 60.3 Å². The molecule has 0 atom stereocenters. The van der Waals surface area contributed by atoms with E-state index >= 15 is 0 Å². The first-order valence-corrected chi connectivity index (χ1v) is 46.4. The van der Waals surface area contributed by atoms with Crippen LogP contribution in [0, 0.1) is 54.6 Å². The summed E-state index contributed by atoms with van der Waals surface area (Å²) in [5.74, 6) is 0. The Morgan fingerprint density at radius 2 is 0.399 bits per heavy atom. The van der Waals surface area contributed by atoms with Gasteiger partial charge in [0.05, 0.1) is 0 Å². The van der Waals surface area contributed by atoms with Gasteiger partial charge in [-0.05, 0) is 174 Å². The third kappa shape index (κ3) is 29.6. The van der Waals surface area contributed by atoms with E-state index in [4.69, 9.17) is 0 Å². The first kappa shape index (κ1) is 105. The van der Waals surface area contributed by atoms with Gasteiger partial charge in [0.15, 0.2) is 0 Å². The van der Waals surface area contributed by atoms with Crippen molar-refractivity contribution in [1.82, 2.24) is 44.9 Å². The summed E-state index contributed by atoms with van der Waals surface area (Å²) in [7, 11) is 0. The van der Waals surface area contributed by atoms with Crippen LogP contribution >= 0.6 is 0 Å². The number of nitrogens with zero attached hydrogens (tertiary/aromatic N) is 9.